The average molecular weight is 417 g/mol. The van der Waals surface area contributed by atoms with E-state index in [1.54, 1.807) is 7.11 Å². The van der Waals surface area contributed by atoms with Gasteiger partial charge in [0.05, 0.1) is 13.3 Å². The minimum absolute atomic E-state index is 0.330. The van der Waals surface area contributed by atoms with E-state index in [0.29, 0.717) is 17.9 Å². The first kappa shape index (κ1) is 20.3. The van der Waals surface area contributed by atoms with Crippen molar-refractivity contribution < 1.29 is 4.74 Å². The van der Waals surface area contributed by atoms with Gasteiger partial charge >= 0.3 is 0 Å². The number of rotatable bonds is 5. The molecule has 2 N–H and O–H groups in total. The van der Waals surface area contributed by atoms with Gasteiger partial charge in [-0.25, -0.2) is 0 Å². The Balaban J connectivity index is 1.24. The molecule has 0 amide bonds. The monoisotopic (exact) mass is 416 g/mol. The van der Waals surface area contributed by atoms with Gasteiger partial charge in [0.2, 0.25) is 0 Å². The summed E-state index contributed by atoms with van der Waals surface area (Å²) in [5.41, 5.74) is 3.23. The summed E-state index contributed by atoms with van der Waals surface area (Å²) in [5.74, 6) is 1.86. The highest BCUT2D eigenvalue weighted by atomic mass is 16.5. The molecule has 2 aliphatic rings. The molecule has 0 spiro atoms. The minimum Gasteiger partial charge on any atom is -0.497 e. The molecule has 2 fully saturated rings. The SMILES string of the molecule is COc1ccc2cc(C(=N)C3CCCN(C4CCC(c5cn[nH]c5)CC4)C3)ccc2c1. The molecule has 2 aromatic carbocycles. The van der Waals surface area contributed by atoms with E-state index in [9.17, 15) is 0 Å². The van der Waals surface area contributed by atoms with Crippen LogP contribution in [0.4, 0.5) is 0 Å². The van der Waals surface area contributed by atoms with Crippen molar-refractivity contribution >= 4 is 16.5 Å². The lowest BCUT2D eigenvalue weighted by molar-refractivity contribution is 0.111. The Morgan fingerprint density at radius 3 is 2.65 bits per heavy atom. The van der Waals surface area contributed by atoms with E-state index in [1.165, 1.54) is 49.6 Å². The van der Waals surface area contributed by atoms with Crippen molar-refractivity contribution in [3.8, 4) is 5.75 Å². The van der Waals surface area contributed by atoms with Crippen molar-refractivity contribution in [3.63, 3.8) is 0 Å². The van der Waals surface area contributed by atoms with Crippen molar-refractivity contribution in [2.75, 3.05) is 20.2 Å². The van der Waals surface area contributed by atoms with E-state index in [1.807, 2.05) is 12.3 Å². The second-order valence-electron chi connectivity index (χ2n) is 9.21. The lowest BCUT2D eigenvalue weighted by atomic mass is 9.80. The zero-order chi connectivity index (χ0) is 21.2. The van der Waals surface area contributed by atoms with E-state index in [0.717, 1.165) is 35.4 Å². The molecule has 3 aromatic rings. The fraction of sp³-hybridized carbons (Fsp3) is 0.462. The van der Waals surface area contributed by atoms with Gasteiger partial charge in [-0.1, -0.05) is 18.2 Å². The maximum Gasteiger partial charge on any atom is 0.119 e. The van der Waals surface area contributed by atoms with Gasteiger partial charge in [-0.3, -0.25) is 10.00 Å². The molecule has 1 aliphatic carbocycles. The van der Waals surface area contributed by atoms with Crippen molar-refractivity contribution in [2.45, 2.75) is 50.5 Å². The van der Waals surface area contributed by atoms with Crippen LogP contribution in [-0.4, -0.2) is 47.1 Å². The number of benzene rings is 2. The van der Waals surface area contributed by atoms with Crippen LogP contribution in [0.5, 0.6) is 5.75 Å². The van der Waals surface area contributed by atoms with Crippen molar-refractivity contribution in [2.24, 2.45) is 5.92 Å². The Kier molecular flexibility index (Phi) is 5.77. The zero-order valence-electron chi connectivity index (χ0n) is 18.3. The van der Waals surface area contributed by atoms with Crippen LogP contribution in [0.25, 0.3) is 10.8 Å². The summed E-state index contributed by atoms with van der Waals surface area (Å²) in [6, 6.07) is 13.2. The second-order valence-corrected chi connectivity index (χ2v) is 9.21. The van der Waals surface area contributed by atoms with E-state index in [4.69, 9.17) is 10.1 Å². The van der Waals surface area contributed by atoms with Gasteiger partial charge in [0.1, 0.15) is 5.75 Å². The number of fused-ring (bicyclic) bond motifs is 1. The number of methoxy groups -OCH3 is 1. The molecule has 5 nitrogen and oxygen atoms in total. The third-order valence-electron chi connectivity index (χ3n) is 7.42. The number of nitrogens with one attached hydrogen (secondary N) is 2. The topological polar surface area (TPSA) is 65.0 Å². The molecule has 1 saturated heterocycles. The molecule has 31 heavy (non-hydrogen) atoms. The van der Waals surface area contributed by atoms with Gasteiger partial charge in [0, 0.05) is 30.4 Å². The number of aromatic amines is 1. The van der Waals surface area contributed by atoms with E-state index < -0.39 is 0 Å². The second kappa shape index (κ2) is 8.83. The summed E-state index contributed by atoms with van der Waals surface area (Å²) < 4.78 is 5.34. The van der Waals surface area contributed by atoms with E-state index in [-0.39, 0.29) is 0 Å². The summed E-state index contributed by atoms with van der Waals surface area (Å²) in [7, 11) is 1.70. The molecule has 2 heterocycles. The summed E-state index contributed by atoms with van der Waals surface area (Å²) in [6.07, 6.45) is 11.4. The molecule has 162 valence electrons. The van der Waals surface area contributed by atoms with Crippen LogP contribution >= 0.6 is 0 Å². The van der Waals surface area contributed by atoms with Crippen LogP contribution < -0.4 is 4.74 Å². The van der Waals surface area contributed by atoms with Crippen LogP contribution in [0, 0.1) is 11.3 Å². The largest absolute Gasteiger partial charge is 0.497 e. The zero-order valence-corrected chi connectivity index (χ0v) is 18.3. The molecule has 1 atom stereocenters. The molecule has 5 heteroatoms. The van der Waals surface area contributed by atoms with Crippen LogP contribution in [0.2, 0.25) is 0 Å². The van der Waals surface area contributed by atoms with Crippen molar-refractivity contribution in [1.82, 2.24) is 15.1 Å². The Morgan fingerprint density at radius 1 is 1.06 bits per heavy atom. The van der Waals surface area contributed by atoms with Gasteiger partial charge < -0.3 is 10.1 Å². The first-order valence-corrected chi connectivity index (χ1v) is 11.6. The van der Waals surface area contributed by atoms with Crippen LogP contribution in [0.3, 0.4) is 0 Å². The third-order valence-corrected chi connectivity index (χ3v) is 7.42. The summed E-state index contributed by atoms with van der Waals surface area (Å²) in [6.45, 7) is 2.21. The van der Waals surface area contributed by atoms with Gasteiger partial charge in [0.25, 0.3) is 0 Å². The lowest BCUT2D eigenvalue weighted by Gasteiger charge is -2.41. The summed E-state index contributed by atoms with van der Waals surface area (Å²) in [5, 5.41) is 18.4. The standard InChI is InChI=1S/C26H32N4O/c1-31-25-11-8-19-13-21(5-4-20(19)14-25)26(27)22-3-2-12-30(17-22)24-9-6-18(7-10-24)23-15-28-29-16-23/h4-5,8,11,13-16,18,22,24,27H,2-3,6-7,9-10,12,17H2,1H3,(H,28,29). The Bertz CT molecular complexity index is 1040. The quantitative estimate of drug-likeness (QED) is 0.549. The maximum absolute atomic E-state index is 8.95. The minimum atomic E-state index is 0.330. The summed E-state index contributed by atoms with van der Waals surface area (Å²) in [4.78, 5) is 2.68. The highest BCUT2D eigenvalue weighted by molar-refractivity contribution is 6.03. The average Bonchev–Trinajstić information content (AvgIpc) is 3.38. The molecule has 0 radical (unpaired) electrons. The van der Waals surface area contributed by atoms with Crippen molar-refractivity contribution in [1.29, 1.82) is 5.41 Å². The van der Waals surface area contributed by atoms with Gasteiger partial charge in [0.15, 0.2) is 0 Å². The Hall–Kier alpha value is -2.66. The molecular weight excluding hydrogens is 384 g/mol. The molecule has 1 unspecified atom stereocenters. The number of nitrogens with zero attached hydrogens (tertiary/aromatic N) is 2. The maximum atomic E-state index is 8.95. The first-order chi connectivity index (χ1) is 15.2. The van der Waals surface area contributed by atoms with Gasteiger partial charge in [-0.15, -0.1) is 0 Å². The number of ether oxygens (including phenoxy) is 1. The molecule has 0 bridgehead atoms. The molecule has 5 rings (SSSR count). The highest BCUT2D eigenvalue weighted by Crippen LogP contribution is 2.36. The summed E-state index contributed by atoms with van der Waals surface area (Å²) >= 11 is 0. The number of likely N-dealkylation sites (tertiary alicyclic amines) is 1. The number of aromatic nitrogens is 2. The predicted octanol–water partition coefficient (Wildman–Crippen LogP) is 5.38. The Labute approximate surface area is 184 Å². The normalized spacial score (nSPS) is 24.9. The molecular formula is C26H32N4O. The van der Waals surface area contributed by atoms with Crippen LogP contribution in [-0.2, 0) is 0 Å². The van der Waals surface area contributed by atoms with Crippen molar-refractivity contribution in [3.05, 3.63) is 59.9 Å². The lowest BCUT2D eigenvalue weighted by Crippen LogP contribution is -2.45. The third kappa shape index (κ3) is 4.24. The fourth-order valence-corrected chi connectivity index (χ4v) is 5.59. The number of H-pyrrole nitrogens is 1. The fourth-order valence-electron chi connectivity index (χ4n) is 5.59. The molecule has 1 saturated carbocycles. The number of hydrogen-bond acceptors (Lipinski definition) is 4. The number of hydrogen-bond donors (Lipinski definition) is 2. The van der Waals surface area contributed by atoms with E-state index in [2.05, 4.69) is 51.6 Å². The van der Waals surface area contributed by atoms with Gasteiger partial charge in [-0.2, -0.15) is 5.10 Å². The van der Waals surface area contributed by atoms with Crippen LogP contribution in [0.15, 0.2) is 48.8 Å². The first-order valence-electron chi connectivity index (χ1n) is 11.6. The van der Waals surface area contributed by atoms with E-state index >= 15 is 0 Å². The van der Waals surface area contributed by atoms with Gasteiger partial charge in [-0.05, 0) is 91.1 Å². The Morgan fingerprint density at radius 2 is 1.87 bits per heavy atom. The molecule has 1 aromatic heterocycles. The number of piperidine rings is 1. The smallest absolute Gasteiger partial charge is 0.119 e. The van der Waals surface area contributed by atoms with Crippen LogP contribution in [0.1, 0.15) is 55.6 Å². The molecule has 1 aliphatic heterocycles. The highest BCUT2D eigenvalue weighted by Gasteiger charge is 2.31. The predicted molar refractivity (Wildman–Crippen MR) is 125 cm³/mol.